The molecule has 6 nitrogen and oxygen atoms in total. The van der Waals surface area contributed by atoms with Crippen LogP contribution in [0, 0.1) is 0 Å². The van der Waals surface area contributed by atoms with Crippen LogP contribution in [0.1, 0.15) is 20.3 Å². The molecule has 0 amide bonds. The van der Waals surface area contributed by atoms with Gasteiger partial charge in [-0.25, -0.2) is 0 Å². The highest BCUT2D eigenvalue weighted by atomic mass is 16.6. The Morgan fingerprint density at radius 1 is 1.38 bits per heavy atom. The molecule has 72 valence electrons. The number of carbonyl (C=O) groups excluding carboxylic acids is 2. The van der Waals surface area contributed by atoms with E-state index in [4.69, 9.17) is 5.53 Å². The fraction of sp³-hybridized carbons (Fsp3) is 0.571. The molecule has 13 heavy (non-hydrogen) atoms. The van der Waals surface area contributed by atoms with Gasteiger partial charge >= 0.3 is 17.8 Å². The molecule has 0 aromatic heterocycles. The number of ether oxygens (including phenoxy) is 2. The van der Waals surface area contributed by atoms with E-state index in [-0.39, 0.29) is 12.5 Å². The van der Waals surface area contributed by atoms with Gasteiger partial charge in [-0.3, -0.25) is 9.59 Å². The molecule has 0 N–H and O–H groups in total. The summed E-state index contributed by atoms with van der Waals surface area (Å²) in [7, 11) is 0. The second-order valence-corrected chi connectivity index (χ2v) is 2.07. The zero-order chi connectivity index (χ0) is 10.3. The average Bonchev–Trinajstić information content (AvgIpc) is 2.04. The number of carbonyl (C=O) groups is 2. The number of hydrogen-bond donors (Lipinski definition) is 0. The highest BCUT2D eigenvalue weighted by molar-refractivity contribution is 5.95. The first kappa shape index (κ1) is 11.3. The molecule has 6 heteroatoms. The summed E-state index contributed by atoms with van der Waals surface area (Å²) >= 11 is 0. The molecule has 0 aliphatic heterocycles. The maximum atomic E-state index is 10.8. The third-order valence-corrected chi connectivity index (χ3v) is 0.996. The quantitative estimate of drug-likeness (QED) is 0.156. The minimum Gasteiger partial charge on any atom is -0.466 e. The van der Waals surface area contributed by atoms with Crippen LogP contribution >= 0.6 is 0 Å². The van der Waals surface area contributed by atoms with Crippen LogP contribution in [-0.2, 0) is 19.1 Å². The highest BCUT2D eigenvalue weighted by Crippen LogP contribution is 1.90. The predicted octanol–water partition coefficient (Wildman–Crippen LogP) is 0.131. The van der Waals surface area contributed by atoms with Crippen LogP contribution in [0.15, 0.2) is 0 Å². The molecule has 0 fully saturated rings. The van der Waals surface area contributed by atoms with E-state index in [0.717, 1.165) is 0 Å². The Morgan fingerprint density at radius 2 is 2.00 bits per heavy atom. The molecule has 0 atom stereocenters. The van der Waals surface area contributed by atoms with Crippen LogP contribution in [0.2, 0.25) is 0 Å². The molecular weight excluding hydrogens is 176 g/mol. The maximum absolute atomic E-state index is 10.8. The Morgan fingerprint density at radius 3 is 2.46 bits per heavy atom. The Labute approximate surface area is 75.1 Å². The van der Waals surface area contributed by atoms with E-state index >= 15 is 0 Å². The van der Waals surface area contributed by atoms with E-state index in [1.807, 2.05) is 0 Å². The first-order chi connectivity index (χ1) is 6.10. The maximum Gasteiger partial charge on any atom is 0.454 e. The molecule has 0 aliphatic rings. The summed E-state index contributed by atoms with van der Waals surface area (Å²) in [6, 6.07) is 0. The zero-order valence-corrected chi connectivity index (χ0v) is 7.44. The normalized spacial score (nSPS) is 8.46. The average molecular weight is 186 g/mol. The molecule has 0 heterocycles. The molecule has 0 saturated heterocycles. The molecule has 0 aromatic rings. The van der Waals surface area contributed by atoms with Gasteiger partial charge in [-0.05, 0) is 6.92 Å². The highest BCUT2D eigenvalue weighted by Gasteiger charge is 2.14. The van der Waals surface area contributed by atoms with E-state index < -0.39 is 18.4 Å². The number of rotatable bonds is 3. The lowest BCUT2D eigenvalue weighted by atomic mass is 10.4. The van der Waals surface area contributed by atoms with Gasteiger partial charge < -0.3 is 15.0 Å². The van der Waals surface area contributed by atoms with Crippen LogP contribution < -0.4 is 0 Å². The fourth-order valence-electron chi connectivity index (χ4n) is 0.551. The summed E-state index contributed by atoms with van der Waals surface area (Å²) < 4.78 is 8.86. The Kier molecular flexibility index (Phi) is 5.14. The summed E-state index contributed by atoms with van der Waals surface area (Å²) in [4.78, 5) is 24.1. The number of hydrogen-bond acceptors (Lipinski definition) is 4. The van der Waals surface area contributed by atoms with Gasteiger partial charge in [-0.15, -0.1) is 4.79 Å². The zero-order valence-electron chi connectivity index (χ0n) is 7.44. The summed E-state index contributed by atoms with van der Waals surface area (Å²) in [6.45, 7) is 3.12. The van der Waals surface area contributed by atoms with Crippen molar-refractivity contribution in [1.82, 2.24) is 0 Å². The van der Waals surface area contributed by atoms with Gasteiger partial charge in [0, 0.05) is 0 Å². The topological polar surface area (TPSA) is 89.0 Å². The van der Waals surface area contributed by atoms with Crippen molar-refractivity contribution in [1.29, 1.82) is 0 Å². The Bertz CT molecular complexity index is 255. The minimum absolute atomic E-state index is 0.208. The van der Waals surface area contributed by atoms with Crippen molar-refractivity contribution >= 4 is 17.8 Å². The van der Waals surface area contributed by atoms with Crippen molar-refractivity contribution in [3.63, 3.8) is 0 Å². The van der Waals surface area contributed by atoms with Crippen molar-refractivity contribution in [2.75, 3.05) is 6.61 Å². The molecule has 0 saturated carbocycles. The minimum atomic E-state index is -0.811. The lowest BCUT2D eigenvalue weighted by Crippen LogP contribution is -2.16. The van der Waals surface area contributed by atoms with Gasteiger partial charge in [0.15, 0.2) is 0 Å². The molecule has 0 rings (SSSR count). The van der Waals surface area contributed by atoms with Gasteiger partial charge in [0.1, 0.15) is 6.42 Å². The van der Waals surface area contributed by atoms with Gasteiger partial charge in [0.2, 0.25) is 0 Å². The van der Waals surface area contributed by atoms with Gasteiger partial charge in [0.25, 0.3) is 0 Å². The third kappa shape index (κ3) is 5.57. The van der Waals surface area contributed by atoms with Crippen molar-refractivity contribution in [2.24, 2.45) is 0 Å². The molecule has 0 spiro atoms. The number of nitrogens with zero attached hydrogens (tertiary/aromatic N) is 2. The molecular formula is C7H10N2O4. The summed E-state index contributed by atoms with van der Waals surface area (Å²) in [5.41, 5.74) is 8.12. The van der Waals surface area contributed by atoms with Gasteiger partial charge in [-0.2, -0.15) is 0 Å². The molecule has 0 unspecified atom stereocenters. The van der Waals surface area contributed by atoms with Crippen LogP contribution in [0.4, 0.5) is 0 Å². The largest absolute Gasteiger partial charge is 0.466 e. The van der Waals surface area contributed by atoms with E-state index in [1.54, 1.807) is 6.92 Å². The van der Waals surface area contributed by atoms with Crippen molar-refractivity contribution < 1.29 is 23.9 Å². The second kappa shape index (κ2) is 5.91. The lowest BCUT2D eigenvalue weighted by molar-refractivity contribution is -0.152. The summed E-state index contributed by atoms with van der Waals surface area (Å²) in [5.74, 6) is -1.69. The number of esters is 2. The molecule has 0 radical (unpaired) electrons. The summed E-state index contributed by atoms with van der Waals surface area (Å²) in [5, 5.41) is 0. The molecule has 0 bridgehead atoms. The van der Waals surface area contributed by atoms with Crippen LogP contribution in [0.3, 0.4) is 0 Å². The Hall–Kier alpha value is -1.68. The van der Waals surface area contributed by atoms with E-state index in [9.17, 15) is 9.59 Å². The van der Waals surface area contributed by atoms with Crippen LogP contribution in [0.5, 0.6) is 0 Å². The first-order valence-corrected chi connectivity index (χ1v) is 3.65. The Balaban J connectivity index is 3.88. The first-order valence-electron chi connectivity index (χ1n) is 3.65. The van der Waals surface area contributed by atoms with Crippen LogP contribution in [-0.4, -0.2) is 29.2 Å². The monoisotopic (exact) mass is 186 g/mol. The van der Waals surface area contributed by atoms with Crippen molar-refractivity contribution in [2.45, 2.75) is 20.3 Å². The van der Waals surface area contributed by atoms with Gasteiger partial charge in [0.05, 0.1) is 13.5 Å². The second-order valence-electron chi connectivity index (χ2n) is 2.07. The predicted molar refractivity (Wildman–Crippen MR) is 41.6 cm³/mol. The lowest BCUT2D eigenvalue weighted by Gasteiger charge is -1.98. The van der Waals surface area contributed by atoms with E-state index in [0.29, 0.717) is 0 Å². The molecule has 0 aromatic carbocycles. The smallest absolute Gasteiger partial charge is 0.454 e. The van der Waals surface area contributed by atoms with Crippen molar-refractivity contribution in [3.05, 3.63) is 5.53 Å². The van der Waals surface area contributed by atoms with E-state index in [1.165, 1.54) is 6.92 Å². The molecule has 0 aliphatic carbocycles. The third-order valence-electron chi connectivity index (χ3n) is 0.996. The van der Waals surface area contributed by atoms with Crippen molar-refractivity contribution in [3.8, 4) is 0 Å². The summed E-state index contributed by atoms with van der Waals surface area (Å²) in [6.07, 6.45) is -0.485. The fourth-order valence-corrected chi connectivity index (χ4v) is 0.551. The van der Waals surface area contributed by atoms with Gasteiger partial charge in [-0.1, -0.05) is 0 Å². The standard InChI is InChI=1S/C7H10N2O4/c1-3-12-6(10)4-7(11)13-5(2)9-8/h3-4H2,1-2H3. The SMILES string of the molecule is CCOC(=O)CC(=O)OC(C)=[N+]=[N-]. The van der Waals surface area contributed by atoms with Crippen LogP contribution in [0.25, 0.3) is 5.53 Å². The van der Waals surface area contributed by atoms with E-state index in [2.05, 4.69) is 14.3 Å².